The van der Waals surface area contributed by atoms with Gasteiger partial charge in [-0.1, -0.05) is 6.07 Å². The second-order valence-corrected chi connectivity index (χ2v) is 6.72. The molecule has 3 aromatic rings. The zero-order chi connectivity index (χ0) is 19.7. The van der Waals surface area contributed by atoms with Crippen LogP contribution in [0.15, 0.2) is 42.7 Å². The highest BCUT2D eigenvalue weighted by molar-refractivity contribution is 5.92. The van der Waals surface area contributed by atoms with Crippen LogP contribution in [0.4, 0.5) is 4.39 Å². The number of amides is 1. The molecule has 0 unspecified atom stereocenters. The number of pyridine rings is 1. The minimum atomic E-state index is -0.364. The number of benzene rings is 1. The summed E-state index contributed by atoms with van der Waals surface area (Å²) in [7, 11) is 0. The topological polar surface area (TPSA) is 77.0 Å². The van der Waals surface area contributed by atoms with Gasteiger partial charge in [-0.05, 0) is 38.1 Å². The summed E-state index contributed by atoms with van der Waals surface area (Å²) in [5, 5.41) is 2.80. The van der Waals surface area contributed by atoms with E-state index >= 15 is 0 Å². The molecule has 28 heavy (non-hydrogen) atoms. The Balaban J connectivity index is 1.55. The highest BCUT2D eigenvalue weighted by atomic mass is 19.1. The molecule has 2 aromatic heterocycles. The van der Waals surface area contributed by atoms with Crippen LogP contribution in [0.25, 0.3) is 11.3 Å². The molecule has 1 atom stereocenters. The van der Waals surface area contributed by atoms with Crippen molar-refractivity contribution >= 4 is 5.91 Å². The minimum absolute atomic E-state index is 0.251. The Morgan fingerprint density at radius 3 is 2.89 bits per heavy atom. The van der Waals surface area contributed by atoms with E-state index in [2.05, 4.69) is 20.3 Å². The van der Waals surface area contributed by atoms with Gasteiger partial charge in [0.05, 0.1) is 23.6 Å². The largest absolute Gasteiger partial charge is 0.487 e. The zero-order valence-electron chi connectivity index (χ0n) is 15.6. The van der Waals surface area contributed by atoms with Gasteiger partial charge in [0.1, 0.15) is 23.4 Å². The van der Waals surface area contributed by atoms with Crippen LogP contribution in [-0.2, 0) is 6.42 Å². The Bertz CT molecular complexity index is 1040. The number of halogens is 1. The van der Waals surface area contributed by atoms with E-state index in [0.29, 0.717) is 34.7 Å². The Morgan fingerprint density at radius 2 is 2.11 bits per heavy atom. The molecule has 0 saturated carbocycles. The third-order valence-electron chi connectivity index (χ3n) is 4.64. The maximum absolute atomic E-state index is 14.4. The Labute approximate surface area is 161 Å². The van der Waals surface area contributed by atoms with Gasteiger partial charge in [0.25, 0.3) is 5.91 Å². The first-order valence-electron chi connectivity index (χ1n) is 9.01. The molecule has 7 heteroatoms. The van der Waals surface area contributed by atoms with Crippen molar-refractivity contribution < 1.29 is 13.9 Å². The lowest BCUT2D eigenvalue weighted by atomic mass is 10.0. The lowest BCUT2D eigenvalue weighted by molar-refractivity contribution is 0.0928. The summed E-state index contributed by atoms with van der Waals surface area (Å²) in [6.07, 6.45) is 3.26. The van der Waals surface area contributed by atoms with Crippen LogP contribution in [0.1, 0.15) is 27.4 Å². The average Bonchev–Trinajstić information content (AvgIpc) is 3.14. The van der Waals surface area contributed by atoms with Crippen molar-refractivity contribution in [3.05, 3.63) is 71.2 Å². The second kappa shape index (κ2) is 7.34. The molecule has 1 amide bonds. The van der Waals surface area contributed by atoms with E-state index in [4.69, 9.17) is 4.74 Å². The molecule has 1 aromatic carbocycles. The van der Waals surface area contributed by atoms with E-state index in [-0.39, 0.29) is 24.4 Å². The van der Waals surface area contributed by atoms with Gasteiger partial charge < -0.3 is 10.1 Å². The standard InChI is InChI=1S/C21H19FN4O2/c1-12-10-24-13(2)19(26-12)15-6-7-17(22)16-9-14(28-20(15)16)11-25-21(27)18-5-3-4-8-23-18/h3-8,10,14H,9,11H2,1-2H3,(H,25,27)/t14-/m1/s1. The fraction of sp³-hybridized carbons (Fsp3) is 0.238. The lowest BCUT2D eigenvalue weighted by Crippen LogP contribution is -2.34. The molecular weight excluding hydrogens is 359 g/mol. The Kier molecular flexibility index (Phi) is 4.73. The Hall–Kier alpha value is -3.35. The van der Waals surface area contributed by atoms with Crippen LogP contribution >= 0.6 is 0 Å². The van der Waals surface area contributed by atoms with Crippen molar-refractivity contribution in [2.24, 2.45) is 0 Å². The molecule has 0 bridgehead atoms. The molecule has 1 aliphatic rings. The molecule has 6 nitrogen and oxygen atoms in total. The van der Waals surface area contributed by atoms with Crippen LogP contribution in [0, 0.1) is 19.7 Å². The number of aryl methyl sites for hydroxylation is 2. The maximum atomic E-state index is 14.4. The van der Waals surface area contributed by atoms with E-state index < -0.39 is 0 Å². The maximum Gasteiger partial charge on any atom is 0.270 e. The fourth-order valence-corrected chi connectivity index (χ4v) is 3.25. The van der Waals surface area contributed by atoms with Crippen molar-refractivity contribution in [1.29, 1.82) is 0 Å². The van der Waals surface area contributed by atoms with E-state index in [1.54, 1.807) is 36.7 Å². The van der Waals surface area contributed by atoms with Gasteiger partial charge in [0.2, 0.25) is 0 Å². The van der Waals surface area contributed by atoms with E-state index in [9.17, 15) is 9.18 Å². The first kappa shape index (κ1) is 18.0. The summed E-state index contributed by atoms with van der Waals surface area (Å²) in [5.41, 5.74) is 3.73. The average molecular weight is 378 g/mol. The lowest BCUT2D eigenvalue weighted by Gasteiger charge is -2.14. The van der Waals surface area contributed by atoms with Crippen LogP contribution < -0.4 is 10.1 Å². The smallest absolute Gasteiger partial charge is 0.270 e. The van der Waals surface area contributed by atoms with Crippen LogP contribution in [0.5, 0.6) is 5.75 Å². The normalized spacial score (nSPS) is 15.0. The van der Waals surface area contributed by atoms with Crippen LogP contribution in [-0.4, -0.2) is 33.5 Å². The third-order valence-corrected chi connectivity index (χ3v) is 4.64. The second-order valence-electron chi connectivity index (χ2n) is 6.72. The third kappa shape index (κ3) is 3.43. The van der Waals surface area contributed by atoms with Crippen LogP contribution in [0.3, 0.4) is 0 Å². The first-order chi connectivity index (χ1) is 13.5. The highest BCUT2D eigenvalue weighted by Gasteiger charge is 2.30. The first-order valence-corrected chi connectivity index (χ1v) is 9.01. The Morgan fingerprint density at radius 1 is 1.25 bits per heavy atom. The summed E-state index contributed by atoms with van der Waals surface area (Å²) in [5.74, 6) is -0.142. The predicted octanol–water partition coefficient (Wildman–Crippen LogP) is 3.03. The number of ether oxygens (including phenoxy) is 1. The zero-order valence-corrected chi connectivity index (χ0v) is 15.6. The summed E-state index contributed by atoms with van der Waals surface area (Å²) >= 11 is 0. The number of hydrogen-bond acceptors (Lipinski definition) is 5. The number of nitrogens with one attached hydrogen (secondary N) is 1. The van der Waals surface area contributed by atoms with Gasteiger partial charge in [-0.2, -0.15) is 0 Å². The monoisotopic (exact) mass is 378 g/mol. The van der Waals surface area contributed by atoms with Gasteiger partial charge in [-0.25, -0.2) is 9.37 Å². The molecule has 0 radical (unpaired) electrons. The minimum Gasteiger partial charge on any atom is -0.487 e. The van der Waals surface area contributed by atoms with Crippen LogP contribution in [0.2, 0.25) is 0 Å². The van der Waals surface area contributed by atoms with Crippen molar-refractivity contribution in [2.45, 2.75) is 26.4 Å². The van der Waals surface area contributed by atoms with Crippen molar-refractivity contribution in [2.75, 3.05) is 6.54 Å². The molecule has 4 rings (SSSR count). The number of fused-ring (bicyclic) bond motifs is 1. The molecule has 0 aliphatic carbocycles. The van der Waals surface area contributed by atoms with Gasteiger partial charge >= 0.3 is 0 Å². The molecule has 0 saturated heterocycles. The molecule has 1 N–H and O–H groups in total. The molecule has 3 heterocycles. The molecular formula is C21H19FN4O2. The number of rotatable bonds is 4. The van der Waals surface area contributed by atoms with E-state index in [1.165, 1.54) is 6.07 Å². The summed E-state index contributed by atoms with van der Waals surface area (Å²) in [6, 6.07) is 8.22. The summed E-state index contributed by atoms with van der Waals surface area (Å²) in [4.78, 5) is 25.1. The highest BCUT2D eigenvalue weighted by Crippen LogP contribution is 2.40. The summed E-state index contributed by atoms with van der Waals surface area (Å²) in [6.45, 7) is 3.97. The fourth-order valence-electron chi connectivity index (χ4n) is 3.25. The van der Waals surface area contributed by atoms with Gasteiger partial charge in [-0.3, -0.25) is 14.8 Å². The number of carbonyl (C=O) groups is 1. The number of carbonyl (C=O) groups excluding carboxylic acids is 1. The molecule has 142 valence electrons. The van der Waals surface area contributed by atoms with Crippen molar-refractivity contribution in [1.82, 2.24) is 20.3 Å². The predicted molar refractivity (Wildman–Crippen MR) is 102 cm³/mol. The van der Waals surface area contributed by atoms with E-state index in [1.807, 2.05) is 13.8 Å². The van der Waals surface area contributed by atoms with Gasteiger partial charge in [-0.15, -0.1) is 0 Å². The quantitative estimate of drug-likeness (QED) is 0.755. The SMILES string of the molecule is Cc1cnc(C)c(-c2ccc(F)c3c2O[C@@H](CNC(=O)c2ccccn2)C3)n1. The summed E-state index contributed by atoms with van der Waals surface area (Å²) < 4.78 is 20.4. The molecule has 0 spiro atoms. The van der Waals surface area contributed by atoms with Gasteiger partial charge in [0, 0.05) is 29.9 Å². The number of hydrogen-bond donors (Lipinski definition) is 1. The molecule has 0 fully saturated rings. The van der Waals surface area contributed by atoms with Crippen molar-refractivity contribution in [3.8, 4) is 17.0 Å². The van der Waals surface area contributed by atoms with Gasteiger partial charge in [0.15, 0.2) is 0 Å². The number of aromatic nitrogens is 3. The number of nitrogens with zero attached hydrogens (tertiary/aromatic N) is 3. The van der Waals surface area contributed by atoms with E-state index in [0.717, 1.165) is 11.4 Å². The molecule has 1 aliphatic heterocycles. The van der Waals surface area contributed by atoms with Crippen molar-refractivity contribution in [3.63, 3.8) is 0 Å².